The average Bonchev–Trinajstić information content (AvgIpc) is 3.84. The van der Waals surface area contributed by atoms with Crippen LogP contribution in [0.1, 0.15) is 70.3 Å². The summed E-state index contributed by atoms with van der Waals surface area (Å²) in [6.45, 7) is 4.62. The van der Waals surface area contributed by atoms with E-state index in [9.17, 15) is 14.6 Å². The Hall–Kier alpha value is -3.70. The van der Waals surface area contributed by atoms with Crippen molar-refractivity contribution in [2.45, 2.75) is 82.8 Å². The number of phenols is 1. The molecular formula is C39H44F3N5O3. The molecule has 11 heteroatoms. The molecule has 2 atom stereocenters. The number of piperidine rings is 2. The van der Waals surface area contributed by atoms with Crippen molar-refractivity contribution in [3.8, 4) is 23.0 Å². The van der Waals surface area contributed by atoms with Crippen LogP contribution in [-0.4, -0.2) is 81.2 Å². The summed E-state index contributed by atoms with van der Waals surface area (Å²) >= 11 is 0. The van der Waals surface area contributed by atoms with Crippen LogP contribution in [0.5, 0.6) is 11.8 Å². The summed E-state index contributed by atoms with van der Waals surface area (Å²) in [7, 11) is 0. The van der Waals surface area contributed by atoms with Crippen molar-refractivity contribution in [1.82, 2.24) is 19.9 Å². The molecule has 2 saturated carbocycles. The van der Waals surface area contributed by atoms with E-state index in [-0.39, 0.29) is 52.6 Å². The van der Waals surface area contributed by atoms with Gasteiger partial charge in [0, 0.05) is 43.2 Å². The quantitative estimate of drug-likeness (QED) is 0.202. The molecule has 0 unspecified atom stereocenters. The van der Waals surface area contributed by atoms with E-state index in [2.05, 4.69) is 19.8 Å². The van der Waals surface area contributed by atoms with Crippen LogP contribution in [0.15, 0.2) is 30.5 Å². The van der Waals surface area contributed by atoms with E-state index in [1.165, 1.54) is 43.9 Å². The highest BCUT2D eigenvalue weighted by Crippen LogP contribution is 2.65. The number of aliphatic hydroxyl groups excluding tert-OH is 1. The van der Waals surface area contributed by atoms with Crippen molar-refractivity contribution in [3.63, 3.8) is 0 Å². The highest BCUT2D eigenvalue weighted by atomic mass is 19.1. The van der Waals surface area contributed by atoms with Crippen LogP contribution in [0.25, 0.3) is 32.9 Å². The van der Waals surface area contributed by atoms with E-state index >= 15 is 8.78 Å². The molecule has 4 aromatic rings. The van der Waals surface area contributed by atoms with Crippen LogP contribution < -0.4 is 9.64 Å². The molecule has 2 aliphatic carbocycles. The number of rotatable bonds is 8. The number of aryl methyl sites for hydroxylation is 1. The van der Waals surface area contributed by atoms with Gasteiger partial charge in [0.15, 0.2) is 5.82 Å². The third-order valence-electron chi connectivity index (χ3n) is 13.0. The minimum absolute atomic E-state index is 0.0142. The van der Waals surface area contributed by atoms with Crippen molar-refractivity contribution < 1.29 is 28.1 Å². The van der Waals surface area contributed by atoms with E-state index in [4.69, 9.17) is 9.72 Å². The van der Waals surface area contributed by atoms with E-state index < -0.39 is 23.3 Å². The minimum Gasteiger partial charge on any atom is -0.508 e. The Balaban J connectivity index is 1.19. The fraction of sp³-hybridized carbons (Fsp3) is 0.564. The highest BCUT2D eigenvalue weighted by molar-refractivity contribution is 6.01. The first-order chi connectivity index (χ1) is 24.2. The predicted octanol–water partition coefficient (Wildman–Crippen LogP) is 7.12. The zero-order valence-corrected chi connectivity index (χ0v) is 28.5. The largest absolute Gasteiger partial charge is 0.508 e. The molecule has 10 rings (SSSR count). The molecule has 264 valence electrons. The number of hydrogen-bond donors (Lipinski definition) is 2. The van der Waals surface area contributed by atoms with Crippen LogP contribution in [-0.2, 0) is 6.42 Å². The van der Waals surface area contributed by atoms with Gasteiger partial charge in [-0.15, -0.1) is 0 Å². The third kappa shape index (κ3) is 4.89. The van der Waals surface area contributed by atoms with Gasteiger partial charge in [0.1, 0.15) is 41.4 Å². The lowest BCUT2D eigenvalue weighted by Gasteiger charge is -2.66. The van der Waals surface area contributed by atoms with Gasteiger partial charge >= 0.3 is 6.01 Å². The molecule has 6 heterocycles. The van der Waals surface area contributed by atoms with Crippen LogP contribution >= 0.6 is 0 Å². The number of anilines is 1. The molecule has 2 aromatic carbocycles. The lowest BCUT2D eigenvalue weighted by molar-refractivity contribution is -0.124. The van der Waals surface area contributed by atoms with Crippen LogP contribution in [0, 0.1) is 28.4 Å². The van der Waals surface area contributed by atoms with Gasteiger partial charge in [-0.05, 0) is 97.4 Å². The highest BCUT2D eigenvalue weighted by Gasteiger charge is 2.62. The second-order valence-electron chi connectivity index (χ2n) is 16.1. The zero-order chi connectivity index (χ0) is 34.4. The number of aromatic nitrogens is 3. The molecule has 2 bridgehead atoms. The number of phenolic OH excluding ortho intramolecular Hbond substituents is 1. The van der Waals surface area contributed by atoms with Gasteiger partial charge in [-0.3, -0.25) is 9.88 Å². The topological polar surface area (TPSA) is 94.8 Å². The number of nitrogens with zero attached hydrogens (tertiary/aromatic N) is 5. The number of hydrogen-bond acceptors (Lipinski definition) is 8. The number of alkyl halides is 1. The van der Waals surface area contributed by atoms with Gasteiger partial charge in [-0.25, -0.2) is 13.2 Å². The molecule has 0 spiro atoms. The summed E-state index contributed by atoms with van der Waals surface area (Å²) in [5.41, 5.74) is 0.0131. The zero-order valence-electron chi connectivity index (χ0n) is 28.5. The molecule has 8 nitrogen and oxygen atoms in total. The summed E-state index contributed by atoms with van der Waals surface area (Å²) in [5, 5.41) is 22.8. The van der Waals surface area contributed by atoms with E-state index in [1.54, 1.807) is 12.3 Å². The maximum absolute atomic E-state index is 17.1. The van der Waals surface area contributed by atoms with Crippen molar-refractivity contribution in [3.05, 3.63) is 47.7 Å². The molecule has 6 aliphatic rings. The van der Waals surface area contributed by atoms with Crippen molar-refractivity contribution in [2.24, 2.45) is 16.7 Å². The average molecular weight is 688 g/mol. The lowest BCUT2D eigenvalue weighted by atomic mass is 9.45. The number of aromatic hydroxyl groups is 1. The maximum Gasteiger partial charge on any atom is 0.319 e. The monoisotopic (exact) mass is 687 g/mol. The Morgan fingerprint density at radius 3 is 2.66 bits per heavy atom. The van der Waals surface area contributed by atoms with Crippen molar-refractivity contribution in [1.29, 1.82) is 0 Å². The standard InChI is InChI=1S/C39H44F3N5O3/c1-2-27-30(41)9-8-23-12-26(49)13-28(31(23)27)33-32(42)34-29(15-43-33)35(45-36(44-34)50-22-39-10-5-11-47(39)16-25(40)14-39)46-19-37(21-48)17-38(18-37,20-46)24-6-3-4-7-24/h8-9,12-13,15,24-25,48-49H,2-7,10-11,14,16-22H2,1H3/t25-,37?,38?,39+/m1/s1. The van der Waals surface area contributed by atoms with E-state index in [0.717, 1.165) is 38.8 Å². The lowest BCUT2D eigenvalue weighted by Crippen LogP contribution is -2.66. The number of pyridine rings is 1. The molecular weight excluding hydrogens is 643 g/mol. The van der Waals surface area contributed by atoms with Crippen molar-refractivity contribution in [2.75, 3.05) is 44.3 Å². The number of benzene rings is 2. The Morgan fingerprint density at radius 2 is 1.88 bits per heavy atom. The van der Waals surface area contributed by atoms with Gasteiger partial charge in [0.25, 0.3) is 0 Å². The van der Waals surface area contributed by atoms with Crippen LogP contribution in [0.3, 0.4) is 0 Å². The number of ether oxygens (including phenoxy) is 1. The first-order valence-corrected chi connectivity index (χ1v) is 18.3. The van der Waals surface area contributed by atoms with Gasteiger partial charge in [-0.2, -0.15) is 9.97 Å². The molecule has 2 aromatic heterocycles. The summed E-state index contributed by atoms with van der Waals surface area (Å²) in [5.74, 6) is -0.125. The first-order valence-electron chi connectivity index (χ1n) is 18.3. The first kappa shape index (κ1) is 32.2. The number of fused-ring (bicyclic) bond motifs is 5. The van der Waals surface area contributed by atoms with Gasteiger partial charge in [-0.1, -0.05) is 25.8 Å². The Labute approximate surface area is 289 Å². The van der Waals surface area contributed by atoms with Gasteiger partial charge in [0.2, 0.25) is 0 Å². The smallest absolute Gasteiger partial charge is 0.319 e. The third-order valence-corrected chi connectivity index (χ3v) is 13.0. The predicted molar refractivity (Wildman–Crippen MR) is 185 cm³/mol. The minimum atomic E-state index is -0.922. The Bertz CT molecular complexity index is 2000. The molecule has 0 radical (unpaired) electrons. The summed E-state index contributed by atoms with van der Waals surface area (Å²) in [4.78, 5) is 18.6. The molecule has 50 heavy (non-hydrogen) atoms. The Morgan fingerprint density at radius 1 is 1.06 bits per heavy atom. The van der Waals surface area contributed by atoms with Crippen LogP contribution in [0.4, 0.5) is 19.0 Å². The number of aliphatic hydroxyl groups is 1. The second kappa shape index (κ2) is 11.7. The summed E-state index contributed by atoms with van der Waals surface area (Å²) in [6, 6.07) is 5.92. The molecule has 0 amide bonds. The fourth-order valence-electron chi connectivity index (χ4n) is 11.0. The number of halogens is 3. The normalized spacial score (nSPS) is 29.6. The molecule has 4 saturated heterocycles. The molecule has 4 aliphatic heterocycles. The molecule has 6 fully saturated rings. The van der Waals surface area contributed by atoms with Crippen molar-refractivity contribution >= 4 is 27.5 Å². The summed E-state index contributed by atoms with van der Waals surface area (Å²) in [6.07, 6.45) is 9.92. The molecule has 2 N–H and O–H groups in total. The maximum atomic E-state index is 17.1. The van der Waals surface area contributed by atoms with E-state index in [1.807, 2.05) is 6.92 Å². The van der Waals surface area contributed by atoms with Gasteiger partial charge in [0.05, 0.1) is 17.5 Å². The van der Waals surface area contributed by atoms with E-state index in [0.29, 0.717) is 59.4 Å². The fourth-order valence-corrected chi connectivity index (χ4v) is 11.0. The summed E-state index contributed by atoms with van der Waals surface area (Å²) < 4.78 is 53.2. The SMILES string of the molecule is CCc1c(F)ccc2cc(O)cc(-c3ncc4c(N5CC6(CO)CC(C7CCCC7)(C5)C6)nc(OC[C@@]56CCCN5C[C@H](F)C6)nc4c3F)c12. The Kier molecular flexibility index (Phi) is 7.52. The van der Waals surface area contributed by atoms with Gasteiger partial charge < -0.3 is 19.8 Å². The van der Waals surface area contributed by atoms with Crippen LogP contribution in [0.2, 0.25) is 0 Å². The second-order valence-corrected chi connectivity index (χ2v) is 16.1.